The van der Waals surface area contributed by atoms with Crippen molar-refractivity contribution in [3.8, 4) is 11.3 Å². The van der Waals surface area contributed by atoms with Crippen LogP contribution in [0.25, 0.3) is 11.3 Å². The lowest BCUT2D eigenvalue weighted by Crippen LogP contribution is -2.38. The molecular weight excluding hydrogens is 388 g/mol. The van der Waals surface area contributed by atoms with E-state index in [4.69, 9.17) is 0 Å². The Morgan fingerprint density at radius 1 is 1.03 bits per heavy atom. The lowest BCUT2D eigenvalue weighted by molar-refractivity contribution is -0.128. The Labute approximate surface area is 183 Å². The highest BCUT2D eigenvalue weighted by molar-refractivity contribution is 5.96. The SMILES string of the molecule is Cc1ccc(C(=O)NCC(=O)N(C)CCCc2cc(-c3ccccc3)n(C)n2)cc1C. The molecule has 6 heteroatoms. The molecule has 0 unspecified atom stereocenters. The third kappa shape index (κ3) is 5.81. The molecule has 0 saturated heterocycles. The molecule has 0 radical (unpaired) electrons. The number of likely N-dealkylation sites (N-methyl/N-ethyl adjacent to an activating group) is 1. The summed E-state index contributed by atoms with van der Waals surface area (Å²) < 4.78 is 1.89. The van der Waals surface area contributed by atoms with Crippen LogP contribution >= 0.6 is 0 Å². The number of nitrogens with one attached hydrogen (secondary N) is 1. The quantitative estimate of drug-likeness (QED) is 0.609. The molecule has 3 aromatic rings. The Morgan fingerprint density at radius 2 is 1.77 bits per heavy atom. The van der Waals surface area contributed by atoms with Crippen LogP contribution in [0.15, 0.2) is 54.6 Å². The first-order chi connectivity index (χ1) is 14.8. The van der Waals surface area contributed by atoms with E-state index in [9.17, 15) is 9.59 Å². The van der Waals surface area contributed by atoms with E-state index in [0.717, 1.165) is 40.9 Å². The van der Waals surface area contributed by atoms with E-state index < -0.39 is 0 Å². The van der Waals surface area contributed by atoms with Gasteiger partial charge in [-0.15, -0.1) is 0 Å². The van der Waals surface area contributed by atoms with Crippen molar-refractivity contribution in [1.82, 2.24) is 20.0 Å². The van der Waals surface area contributed by atoms with Gasteiger partial charge in [-0.25, -0.2) is 0 Å². The van der Waals surface area contributed by atoms with Crippen molar-refractivity contribution in [2.24, 2.45) is 7.05 Å². The number of amides is 2. The number of carbonyl (C=O) groups is 2. The lowest BCUT2D eigenvalue weighted by atomic mass is 10.1. The molecule has 0 spiro atoms. The molecule has 0 bridgehead atoms. The van der Waals surface area contributed by atoms with Crippen LogP contribution < -0.4 is 5.32 Å². The first kappa shape index (κ1) is 22.3. The van der Waals surface area contributed by atoms with Crippen LogP contribution in [-0.4, -0.2) is 46.6 Å². The van der Waals surface area contributed by atoms with Gasteiger partial charge in [-0.3, -0.25) is 14.3 Å². The van der Waals surface area contributed by atoms with Gasteiger partial charge in [0.15, 0.2) is 0 Å². The van der Waals surface area contributed by atoms with Gasteiger partial charge >= 0.3 is 0 Å². The molecule has 0 aliphatic rings. The van der Waals surface area contributed by atoms with E-state index in [1.54, 1.807) is 18.0 Å². The molecule has 0 atom stereocenters. The number of aromatic nitrogens is 2. The van der Waals surface area contributed by atoms with Crippen molar-refractivity contribution in [1.29, 1.82) is 0 Å². The zero-order valence-corrected chi connectivity index (χ0v) is 18.7. The fourth-order valence-corrected chi connectivity index (χ4v) is 3.43. The van der Waals surface area contributed by atoms with Gasteiger partial charge in [0.05, 0.1) is 17.9 Å². The maximum atomic E-state index is 12.4. The smallest absolute Gasteiger partial charge is 0.251 e. The third-order valence-corrected chi connectivity index (χ3v) is 5.52. The van der Waals surface area contributed by atoms with Crippen molar-refractivity contribution in [2.75, 3.05) is 20.1 Å². The Balaban J connectivity index is 1.45. The molecular formula is C25H30N4O2. The number of benzene rings is 2. The molecule has 2 aromatic carbocycles. The molecule has 0 saturated carbocycles. The second-order valence-electron chi connectivity index (χ2n) is 7.91. The molecule has 1 aromatic heterocycles. The number of aryl methyl sites for hydroxylation is 4. The van der Waals surface area contributed by atoms with Gasteiger partial charge in [0.2, 0.25) is 5.91 Å². The fourth-order valence-electron chi connectivity index (χ4n) is 3.43. The molecule has 1 heterocycles. The van der Waals surface area contributed by atoms with Crippen molar-refractivity contribution in [2.45, 2.75) is 26.7 Å². The number of nitrogens with zero attached hydrogens (tertiary/aromatic N) is 3. The highest BCUT2D eigenvalue weighted by atomic mass is 16.2. The lowest BCUT2D eigenvalue weighted by Gasteiger charge is -2.17. The van der Waals surface area contributed by atoms with E-state index >= 15 is 0 Å². The minimum Gasteiger partial charge on any atom is -0.344 e. The minimum atomic E-state index is -0.230. The first-order valence-electron chi connectivity index (χ1n) is 10.5. The second kappa shape index (κ2) is 10.1. The summed E-state index contributed by atoms with van der Waals surface area (Å²) in [7, 11) is 3.71. The standard InChI is InChI=1S/C25H30N4O2/c1-18-12-13-21(15-19(18)2)25(31)26-17-24(30)28(3)14-8-11-22-16-23(29(4)27-22)20-9-6-5-7-10-20/h5-7,9-10,12-13,15-16H,8,11,14,17H2,1-4H3,(H,26,31). The largest absolute Gasteiger partial charge is 0.344 e. The molecule has 3 rings (SSSR count). The van der Waals surface area contributed by atoms with Gasteiger partial charge in [0.25, 0.3) is 5.91 Å². The van der Waals surface area contributed by atoms with Gasteiger partial charge in [-0.1, -0.05) is 36.4 Å². The van der Waals surface area contributed by atoms with Crippen molar-refractivity contribution < 1.29 is 9.59 Å². The first-order valence-corrected chi connectivity index (χ1v) is 10.5. The van der Waals surface area contributed by atoms with Gasteiger partial charge < -0.3 is 10.2 Å². The van der Waals surface area contributed by atoms with Crippen molar-refractivity contribution in [3.63, 3.8) is 0 Å². The van der Waals surface area contributed by atoms with E-state index in [1.165, 1.54) is 0 Å². The number of carbonyl (C=O) groups excluding carboxylic acids is 2. The third-order valence-electron chi connectivity index (χ3n) is 5.52. The zero-order valence-electron chi connectivity index (χ0n) is 18.7. The van der Waals surface area contributed by atoms with Crippen molar-refractivity contribution >= 4 is 11.8 Å². The normalized spacial score (nSPS) is 10.7. The molecule has 31 heavy (non-hydrogen) atoms. The summed E-state index contributed by atoms with van der Waals surface area (Å²) in [5.74, 6) is -0.338. The van der Waals surface area contributed by atoms with Gasteiger partial charge in [0.1, 0.15) is 0 Å². The van der Waals surface area contributed by atoms with E-state index in [2.05, 4.69) is 28.6 Å². The van der Waals surface area contributed by atoms with Gasteiger partial charge in [-0.05, 0) is 61.6 Å². The topological polar surface area (TPSA) is 67.2 Å². The van der Waals surface area contributed by atoms with Crippen LogP contribution in [0, 0.1) is 13.8 Å². The van der Waals surface area contributed by atoms with Crippen LogP contribution in [0.3, 0.4) is 0 Å². The Kier molecular flexibility index (Phi) is 7.23. The van der Waals surface area contributed by atoms with E-state index in [1.807, 2.05) is 55.9 Å². The zero-order chi connectivity index (χ0) is 22.4. The summed E-state index contributed by atoms with van der Waals surface area (Å²) in [6.07, 6.45) is 1.59. The summed E-state index contributed by atoms with van der Waals surface area (Å²) >= 11 is 0. The second-order valence-corrected chi connectivity index (χ2v) is 7.91. The maximum absolute atomic E-state index is 12.4. The Bertz CT molecular complexity index is 1060. The minimum absolute atomic E-state index is 0.00992. The van der Waals surface area contributed by atoms with Crippen LogP contribution in [0.5, 0.6) is 0 Å². The molecule has 6 nitrogen and oxygen atoms in total. The van der Waals surface area contributed by atoms with E-state index in [0.29, 0.717) is 12.1 Å². The molecule has 1 N–H and O–H groups in total. The average molecular weight is 419 g/mol. The Morgan fingerprint density at radius 3 is 2.48 bits per heavy atom. The summed E-state index contributed by atoms with van der Waals surface area (Å²) in [5.41, 5.74) is 5.98. The molecule has 0 aliphatic carbocycles. The van der Waals surface area contributed by atoms with Gasteiger partial charge in [0, 0.05) is 26.2 Å². The molecule has 162 valence electrons. The van der Waals surface area contributed by atoms with Crippen LogP contribution in [-0.2, 0) is 18.3 Å². The maximum Gasteiger partial charge on any atom is 0.251 e. The number of rotatable bonds is 8. The predicted octanol–water partition coefficient (Wildman–Crippen LogP) is 3.52. The van der Waals surface area contributed by atoms with E-state index in [-0.39, 0.29) is 18.4 Å². The molecule has 2 amide bonds. The highest BCUT2D eigenvalue weighted by Gasteiger charge is 2.13. The fraction of sp³-hybridized carbons (Fsp3) is 0.320. The highest BCUT2D eigenvalue weighted by Crippen LogP contribution is 2.20. The summed E-state index contributed by atoms with van der Waals surface area (Å²) in [6, 6.07) is 17.8. The molecule has 0 fully saturated rings. The number of hydrogen-bond donors (Lipinski definition) is 1. The van der Waals surface area contributed by atoms with Crippen LogP contribution in [0.2, 0.25) is 0 Å². The predicted molar refractivity (Wildman–Crippen MR) is 123 cm³/mol. The average Bonchev–Trinajstić information content (AvgIpc) is 3.14. The molecule has 0 aliphatic heterocycles. The summed E-state index contributed by atoms with van der Waals surface area (Å²) in [4.78, 5) is 26.3. The van der Waals surface area contributed by atoms with Gasteiger partial charge in [-0.2, -0.15) is 5.10 Å². The Hall–Kier alpha value is -3.41. The monoisotopic (exact) mass is 418 g/mol. The summed E-state index contributed by atoms with van der Waals surface area (Å²) in [5, 5.41) is 7.31. The van der Waals surface area contributed by atoms with Crippen molar-refractivity contribution in [3.05, 3.63) is 77.0 Å². The summed E-state index contributed by atoms with van der Waals surface area (Å²) in [6.45, 7) is 4.57. The van der Waals surface area contributed by atoms with Crippen LogP contribution in [0.1, 0.15) is 33.6 Å². The number of hydrogen-bond acceptors (Lipinski definition) is 3. The van der Waals surface area contributed by atoms with Crippen LogP contribution in [0.4, 0.5) is 0 Å².